The second kappa shape index (κ2) is 11.1. The fraction of sp³-hybridized carbons (Fsp3) is 0.500. The number of carbonyl (C=O) groups excluding carboxylic acids is 1. The Balaban J connectivity index is 1.59. The molecule has 1 aliphatic heterocycles. The molecule has 2 aliphatic rings. The predicted molar refractivity (Wildman–Crippen MR) is 163 cm³/mol. The van der Waals surface area contributed by atoms with Crippen molar-refractivity contribution in [3.05, 3.63) is 54.2 Å². The topological polar surface area (TPSA) is 120 Å². The van der Waals surface area contributed by atoms with Crippen LogP contribution in [-0.4, -0.2) is 67.2 Å². The van der Waals surface area contributed by atoms with Crippen LogP contribution in [-0.2, 0) is 9.84 Å². The van der Waals surface area contributed by atoms with Crippen molar-refractivity contribution >= 4 is 34.8 Å². The van der Waals surface area contributed by atoms with Crippen molar-refractivity contribution in [2.75, 3.05) is 18.1 Å². The first-order chi connectivity index (χ1) is 20.4. The number of hydrogen-bond acceptors (Lipinski definition) is 7. The van der Waals surface area contributed by atoms with Crippen molar-refractivity contribution in [3.8, 4) is 11.7 Å². The van der Waals surface area contributed by atoms with Gasteiger partial charge in [-0.15, -0.1) is 0 Å². The molecule has 0 radical (unpaired) electrons. The molecule has 9 nitrogen and oxygen atoms in total. The molecule has 0 bridgehead atoms. The third kappa shape index (κ3) is 6.09. The van der Waals surface area contributed by atoms with E-state index >= 15 is 0 Å². The van der Waals surface area contributed by atoms with Gasteiger partial charge in [0.1, 0.15) is 0 Å². The Hall–Kier alpha value is -3.07. The zero-order valence-electron chi connectivity index (χ0n) is 25.5. The minimum atomic E-state index is -4.28. The quantitative estimate of drug-likeness (QED) is 0.258. The molecular formula is C30H38F3GeN5O4S. The molecule has 1 unspecified atom stereocenters. The van der Waals surface area contributed by atoms with Gasteiger partial charge in [-0.2, -0.15) is 13.2 Å². The van der Waals surface area contributed by atoms with Gasteiger partial charge in [-0.1, -0.05) is 0 Å². The summed E-state index contributed by atoms with van der Waals surface area (Å²) in [7, 11) is -4.24. The van der Waals surface area contributed by atoms with Crippen molar-refractivity contribution in [2.24, 2.45) is 11.1 Å². The zero-order chi connectivity index (χ0) is 32.3. The molecular weight excluding hydrogens is 656 g/mol. The molecule has 44 heavy (non-hydrogen) atoms. The van der Waals surface area contributed by atoms with Crippen LogP contribution in [0.15, 0.2) is 58.5 Å². The summed E-state index contributed by atoms with van der Waals surface area (Å²) in [6, 6.07) is 10.5. The number of hydrogen-bond donors (Lipinski definition) is 1. The van der Waals surface area contributed by atoms with Gasteiger partial charge in [-0.25, -0.2) is 0 Å². The number of sulfone groups is 1. The second-order valence-electron chi connectivity index (χ2n) is 13.5. The van der Waals surface area contributed by atoms with E-state index in [0.29, 0.717) is 11.3 Å². The van der Waals surface area contributed by atoms with Gasteiger partial charge in [0, 0.05) is 0 Å². The molecule has 5 rings (SSSR count). The zero-order valence-corrected chi connectivity index (χ0v) is 28.4. The summed E-state index contributed by atoms with van der Waals surface area (Å²) >= 11 is -2.20. The number of anilines is 1. The molecule has 1 saturated carbocycles. The number of rotatable bonds is 10. The number of ether oxygens (including phenoxy) is 1. The van der Waals surface area contributed by atoms with Crippen LogP contribution in [0.5, 0.6) is 5.88 Å². The second-order valence-corrected chi connectivity index (χ2v) is 27.1. The van der Waals surface area contributed by atoms with Crippen LogP contribution in [0.3, 0.4) is 0 Å². The van der Waals surface area contributed by atoms with Crippen molar-refractivity contribution < 1.29 is 31.1 Å². The fourth-order valence-corrected chi connectivity index (χ4v) is 11.2. The summed E-state index contributed by atoms with van der Waals surface area (Å²) in [5.74, 6) is 6.36. The maximum absolute atomic E-state index is 14.0. The van der Waals surface area contributed by atoms with Crippen LogP contribution >= 0.6 is 0 Å². The van der Waals surface area contributed by atoms with Crippen LogP contribution in [0.4, 0.5) is 19.0 Å². The molecule has 2 fully saturated rings. The van der Waals surface area contributed by atoms with Crippen molar-refractivity contribution in [2.45, 2.75) is 83.1 Å². The summed E-state index contributed by atoms with van der Waals surface area (Å²) in [6.45, 7) is 4.50. The number of pyridine rings is 1. The predicted octanol–water partition coefficient (Wildman–Crippen LogP) is 6.01. The molecule has 1 aromatic carbocycles. The van der Waals surface area contributed by atoms with Crippen LogP contribution in [0.2, 0.25) is 22.0 Å². The van der Waals surface area contributed by atoms with E-state index in [2.05, 4.69) is 22.4 Å². The Kier molecular flexibility index (Phi) is 8.14. The monoisotopic (exact) mass is 695 g/mol. The Labute approximate surface area is 258 Å². The number of halogens is 3. The molecule has 2 aromatic heterocycles. The van der Waals surface area contributed by atoms with Gasteiger partial charge in [-0.3, -0.25) is 0 Å². The standard InChI is InChI=1S/C30H38F3GeN5O4S/c1-28(2)18-20(34(3,4)5)19-38(28)27-25(26(35)40)22(44(41,42)21-9-7-6-8-10-21)17-23(36-27)39-15-11-24(37-39)43-16-14-29(12-13-29)30(31,32)33/h6-11,15,17,20H,12-14,16,18-19H2,1-5H3,(H2,35,40). The Morgan fingerprint density at radius 3 is 2.34 bits per heavy atom. The van der Waals surface area contributed by atoms with Gasteiger partial charge in [0.25, 0.3) is 0 Å². The van der Waals surface area contributed by atoms with Crippen molar-refractivity contribution in [1.82, 2.24) is 14.8 Å². The normalized spacial score (nSPS) is 19.6. The number of aromatic nitrogens is 3. The Bertz CT molecular complexity index is 1670. The first-order valence-corrected chi connectivity index (χ1v) is 23.5. The van der Waals surface area contributed by atoms with Gasteiger partial charge in [0.05, 0.1) is 5.41 Å². The third-order valence-electron chi connectivity index (χ3n) is 8.98. The molecule has 0 spiro atoms. The van der Waals surface area contributed by atoms with Gasteiger partial charge < -0.3 is 0 Å². The number of benzene rings is 1. The minimum absolute atomic E-state index is 0.0167. The van der Waals surface area contributed by atoms with E-state index in [1.165, 1.54) is 35.1 Å². The van der Waals surface area contributed by atoms with E-state index in [4.69, 9.17) is 15.5 Å². The third-order valence-corrected chi connectivity index (χ3v) is 16.7. The Morgan fingerprint density at radius 2 is 1.80 bits per heavy atom. The summed E-state index contributed by atoms with van der Waals surface area (Å²) in [6.07, 6.45) is -1.96. The molecule has 3 heterocycles. The molecule has 1 saturated heterocycles. The number of primary amides is 1. The van der Waals surface area contributed by atoms with Gasteiger partial charge in [0.2, 0.25) is 0 Å². The average Bonchev–Trinajstić information content (AvgIpc) is 3.46. The van der Waals surface area contributed by atoms with Crippen LogP contribution < -0.4 is 15.4 Å². The number of carbonyl (C=O) groups is 1. The van der Waals surface area contributed by atoms with Crippen LogP contribution in [0, 0.1) is 5.41 Å². The summed E-state index contributed by atoms with van der Waals surface area (Å²) in [5, 5.41) is 4.34. The first kappa shape index (κ1) is 32.3. The van der Waals surface area contributed by atoms with E-state index < -0.39 is 46.1 Å². The fourth-order valence-electron chi connectivity index (χ4n) is 5.87. The summed E-state index contributed by atoms with van der Waals surface area (Å²) in [5.41, 5.74) is 3.55. The molecule has 1 amide bonds. The number of nitrogens with two attached hydrogens (primary N) is 1. The first-order valence-electron chi connectivity index (χ1n) is 14.5. The molecule has 238 valence electrons. The maximum atomic E-state index is 14.0. The molecule has 2 N–H and O–H groups in total. The van der Waals surface area contributed by atoms with Crippen LogP contribution in [0.1, 0.15) is 49.9 Å². The number of alkyl halides is 3. The van der Waals surface area contributed by atoms with E-state index in [-0.39, 0.29) is 58.7 Å². The molecule has 1 aliphatic carbocycles. The summed E-state index contributed by atoms with van der Waals surface area (Å²) in [4.78, 5) is 19.5. The molecule has 1 atom stereocenters. The van der Waals surface area contributed by atoms with E-state index in [9.17, 15) is 26.4 Å². The van der Waals surface area contributed by atoms with E-state index in [0.717, 1.165) is 6.42 Å². The molecule has 3 aromatic rings. The number of nitrogens with zero attached hydrogens (tertiary/aromatic N) is 4. The molecule has 14 heteroatoms. The van der Waals surface area contributed by atoms with Crippen molar-refractivity contribution in [1.29, 1.82) is 0 Å². The van der Waals surface area contributed by atoms with Gasteiger partial charge >= 0.3 is 227 Å². The van der Waals surface area contributed by atoms with E-state index in [1.54, 1.807) is 18.2 Å². The van der Waals surface area contributed by atoms with Gasteiger partial charge in [0.15, 0.2) is 0 Å². The average molecular weight is 694 g/mol. The number of amides is 1. The summed E-state index contributed by atoms with van der Waals surface area (Å²) < 4.78 is 75.3. The van der Waals surface area contributed by atoms with Gasteiger partial charge in [-0.05, 0) is 12.8 Å². The van der Waals surface area contributed by atoms with E-state index in [1.807, 2.05) is 18.7 Å². The Morgan fingerprint density at radius 1 is 1.14 bits per heavy atom. The van der Waals surface area contributed by atoms with Crippen LogP contribution in [0.25, 0.3) is 5.82 Å². The SMILES string of the molecule is CC1(C)C[CH]([Ge]([CH3])([CH3])[CH3])CN1c1nc(-n2ccc(OCCC3(C(F)(F)F)CC3)n2)cc(S(=O)(=O)c2ccccc2)c1C(N)=O. The van der Waals surface area contributed by atoms with Crippen molar-refractivity contribution in [3.63, 3.8) is 0 Å².